The van der Waals surface area contributed by atoms with Crippen LogP contribution in [0.15, 0.2) is 93.0 Å². The second kappa shape index (κ2) is 7.03. The highest BCUT2D eigenvalue weighted by Gasteiger charge is 2.31. The fraction of sp³-hybridized carbons (Fsp3) is 0.304. The molecule has 0 aromatic rings. The summed E-state index contributed by atoms with van der Waals surface area (Å²) in [4.78, 5) is 9.38. The van der Waals surface area contributed by atoms with E-state index in [1.807, 2.05) is 13.0 Å². The van der Waals surface area contributed by atoms with Gasteiger partial charge in [0.1, 0.15) is 0 Å². The Morgan fingerprint density at radius 1 is 1.00 bits per heavy atom. The van der Waals surface area contributed by atoms with E-state index in [2.05, 4.69) is 78.1 Å². The van der Waals surface area contributed by atoms with E-state index in [-0.39, 0.29) is 5.41 Å². The monoisotopic (exact) mass is 358 g/mol. The lowest BCUT2D eigenvalue weighted by Gasteiger charge is -2.20. The molecule has 0 bridgehead atoms. The topological polar surface area (TPSA) is 48.8 Å². The molecule has 4 nitrogen and oxygen atoms in total. The molecule has 4 rings (SSSR count). The van der Waals surface area contributed by atoms with Gasteiger partial charge in [0, 0.05) is 53.4 Å². The summed E-state index contributed by atoms with van der Waals surface area (Å²) in [6, 6.07) is 0. The molecular weight excluding hydrogens is 332 g/mol. The average molecular weight is 358 g/mol. The first-order valence-corrected chi connectivity index (χ1v) is 9.50. The van der Waals surface area contributed by atoms with Crippen LogP contribution in [0.3, 0.4) is 0 Å². The third kappa shape index (κ3) is 4.11. The molecule has 4 aliphatic rings. The Morgan fingerprint density at radius 2 is 1.89 bits per heavy atom. The molecule has 0 amide bonds. The lowest BCUT2D eigenvalue weighted by atomic mass is 9.86. The Kier molecular flexibility index (Phi) is 4.56. The number of aliphatic imine (C=N–C) groups is 2. The van der Waals surface area contributed by atoms with Crippen LogP contribution in [-0.2, 0) is 0 Å². The Hall–Kier alpha value is -2.88. The van der Waals surface area contributed by atoms with Crippen LogP contribution in [0.2, 0.25) is 0 Å². The van der Waals surface area contributed by atoms with E-state index >= 15 is 0 Å². The first-order chi connectivity index (χ1) is 13.0. The van der Waals surface area contributed by atoms with Gasteiger partial charge in [-0.2, -0.15) is 0 Å². The van der Waals surface area contributed by atoms with Crippen molar-refractivity contribution < 1.29 is 0 Å². The number of allylic oxidation sites excluding steroid dienone is 8. The summed E-state index contributed by atoms with van der Waals surface area (Å²) in [5.41, 5.74) is 7.88. The SMILES string of the molecule is CC1=N/C(=C\C2=CC=C(/C=C3N=C(/C=C4/C=CCN4)CC\3(C)C)NC2)C=C1. The van der Waals surface area contributed by atoms with Crippen molar-refractivity contribution in [1.82, 2.24) is 10.6 Å². The van der Waals surface area contributed by atoms with Crippen molar-refractivity contribution in [2.45, 2.75) is 27.2 Å². The number of nitrogens with zero attached hydrogens (tertiary/aromatic N) is 2. The summed E-state index contributed by atoms with van der Waals surface area (Å²) in [6.07, 6.45) is 20.1. The van der Waals surface area contributed by atoms with Crippen LogP contribution < -0.4 is 10.6 Å². The van der Waals surface area contributed by atoms with Gasteiger partial charge in [0.05, 0.1) is 5.70 Å². The van der Waals surface area contributed by atoms with Crippen LogP contribution in [0, 0.1) is 5.41 Å². The van der Waals surface area contributed by atoms with Crippen LogP contribution in [0.25, 0.3) is 0 Å². The maximum Gasteiger partial charge on any atom is 0.0636 e. The molecule has 0 saturated heterocycles. The molecule has 4 heteroatoms. The maximum absolute atomic E-state index is 4.90. The summed E-state index contributed by atoms with van der Waals surface area (Å²) < 4.78 is 0. The number of hydrogen-bond acceptors (Lipinski definition) is 4. The Morgan fingerprint density at radius 3 is 2.56 bits per heavy atom. The standard InChI is InChI=1S/C23H26N4/c1-16-6-8-20(26-16)11-17-7-9-19(25-15-17)13-22-23(2,3)14-21(27-22)12-18-5-4-10-24-18/h4-9,11-13,24-25H,10,14-15H2,1-3H3/b18-12-,20-11-,22-13-. The zero-order valence-corrected chi connectivity index (χ0v) is 16.2. The van der Waals surface area contributed by atoms with E-state index in [0.29, 0.717) is 0 Å². The van der Waals surface area contributed by atoms with Crippen molar-refractivity contribution in [1.29, 1.82) is 0 Å². The van der Waals surface area contributed by atoms with E-state index in [4.69, 9.17) is 4.99 Å². The fourth-order valence-corrected chi connectivity index (χ4v) is 3.52. The average Bonchev–Trinajstić information content (AvgIpc) is 3.32. The Bertz CT molecular complexity index is 927. The van der Waals surface area contributed by atoms with Gasteiger partial charge in [0.2, 0.25) is 0 Å². The Labute approximate surface area is 161 Å². The molecule has 0 atom stereocenters. The van der Waals surface area contributed by atoms with Gasteiger partial charge in [-0.25, -0.2) is 0 Å². The van der Waals surface area contributed by atoms with E-state index in [1.54, 1.807) is 0 Å². The van der Waals surface area contributed by atoms with E-state index in [1.165, 1.54) is 5.57 Å². The Balaban J connectivity index is 1.52. The largest absolute Gasteiger partial charge is 0.382 e. The van der Waals surface area contributed by atoms with Gasteiger partial charge in [-0.1, -0.05) is 26.0 Å². The van der Waals surface area contributed by atoms with Gasteiger partial charge < -0.3 is 10.6 Å². The molecule has 0 unspecified atom stereocenters. The molecule has 0 aromatic carbocycles. The number of hydrogen-bond donors (Lipinski definition) is 2. The summed E-state index contributed by atoms with van der Waals surface area (Å²) >= 11 is 0. The van der Waals surface area contributed by atoms with Crippen LogP contribution in [0.1, 0.15) is 27.2 Å². The molecule has 0 radical (unpaired) electrons. The molecule has 4 aliphatic heterocycles. The lowest BCUT2D eigenvalue weighted by molar-refractivity contribution is 0.484. The van der Waals surface area contributed by atoms with Crippen molar-refractivity contribution in [3.05, 3.63) is 83.0 Å². The highest BCUT2D eigenvalue weighted by atomic mass is 14.9. The van der Waals surface area contributed by atoms with Crippen molar-refractivity contribution in [2.24, 2.45) is 15.4 Å². The molecule has 138 valence electrons. The molecule has 4 heterocycles. The first kappa shape index (κ1) is 17.5. The molecule has 2 N–H and O–H groups in total. The predicted octanol–water partition coefficient (Wildman–Crippen LogP) is 4.11. The van der Waals surface area contributed by atoms with Crippen molar-refractivity contribution >= 4 is 11.4 Å². The van der Waals surface area contributed by atoms with E-state index in [9.17, 15) is 0 Å². The summed E-state index contributed by atoms with van der Waals surface area (Å²) in [6.45, 7) is 8.24. The minimum absolute atomic E-state index is 0.0457. The molecule has 0 aromatic heterocycles. The van der Waals surface area contributed by atoms with Crippen LogP contribution in [0.4, 0.5) is 0 Å². The van der Waals surface area contributed by atoms with E-state index in [0.717, 1.165) is 53.7 Å². The highest BCUT2D eigenvalue weighted by Crippen LogP contribution is 2.38. The molecular formula is C23H26N4. The molecule has 0 spiro atoms. The van der Waals surface area contributed by atoms with Gasteiger partial charge >= 0.3 is 0 Å². The van der Waals surface area contributed by atoms with Gasteiger partial charge in [-0.3, -0.25) is 9.98 Å². The summed E-state index contributed by atoms with van der Waals surface area (Å²) in [5.74, 6) is 0. The molecule has 27 heavy (non-hydrogen) atoms. The maximum atomic E-state index is 4.90. The molecule has 0 fully saturated rings. The smallest absolute Gasteiger partial charge is 0.0636 e. The molecule has 0 saturated carbocycles. The first-order valence-electron chi connectivity index (χ1n) is 9.50. The van der Waals surface area contributed by atoms with Gasteiger partial charge in [0.15, 0.2) is 0 Å². The zero-order chi connectivity index (χ0) is 18.9. The normalized spacial score (nSPS) is 27.6. The van der Waals surface area contributed by atoms with Crippen molar-refractivity contribution in [3.63, 3.8) is 0 Å². The van der Waals surface area contributed by atoms with E-state index < -0.39 is 0 Å². The summed E-state index contributed by atoms with van der Waals surface area (Å²) in [7, 11) is 0. The minimum Gasteiger partial charge on any atom is -0.382 e. The van der Waals surface area contributed by atoms with Gasteiger partial charge in [0.25, 0.3) is 0 Å². The minimum atomic E-state index is 0.0457. The number of dihydropyridines is 1. The quantitative estimate of drug-likeness (QED) is 0.797. The number of nitrogens with one attached hydrogen (secondary N) is 2. The third-order valence-electron chi connectivity index (χ3n) is 5.02. The van der Waals surface area contributed by atoms with Crippen molar-refractivity contribution in [2.75, 3.05) is 13.1 Å². The predicted molar refractivity (Wildman–Crippen MR) is 114 cm³/mol. The van der Waals surface area contributed by atoms with Crippen molar-refractivity contribution in [3.8, 4) is 0 Å². The van der Waals surface area contributed by atoms with Gasteiger partial charge in [-0.15, -0.1) is 0 Å². The number of rotatable bonds is 3. The van der Waals surface area contributed by atoms with Crippen LogP contribution in [0.5, 0.6) is 0 Å². The second-order valence-corrected chi connectivity index (χ2v) is 7.95. The molecule has 0 aliphatic carbocycles. The summed E-state index contributed by atoms with van der Waals surface area (Å²) in [5, 5.41) is 6.84. The van der Waals surface area contributed by atoms with Gasteiger partial charge in [-0.05, 0) is 55.0 Å². The lowest BCUT2D eigenvalue weighted by Crippen LogP contribution is -2.19. The van der Waals surface area contributed by atoms with Crippen LogP contribution in [-0.4, -0.2) is 24.5 Å². The second-order valence-electron chi connectivity index (χ2n) is 7.95. The third-order valence-corrected chi connectivity index (χ3v) is 5.02. The highest BCUT2D eigenvalue weighted by molar-refractivity contribution is 5.99. The zero-order valence-electron chi connectivity index (χ0n) is 16.2. The van der Waals surface area contributed by atoms with Crippen LogP contribution >= 0.6 is 0 Å². The fourth-order valence-electron chi connectivity index (χ4n) is 3.52.